The summed E-state index contributed by atoms with van der Waals surface area (Å²) >= 11 is 0. The molecule has 0 amide bonds. The predicted octanol–water partition coefficient (Wildman–Crippen LogP) is 4.57. The van der Waals surface area contributed by atoms with Crippen LogP contribution in [0.5, 0.6) is 0 Å². The van der Waals surface area contributed by atoms with E-state index >= 15 is 0 Å². The van der Waals surface area contributed by atoms with Gasteiger partial charge in [0.1, 0.15) is 0 Å². The maximum absolute atomic E-state index is 6.76. The van der Waals surface area contributed by atoms with Crippen LogP contribution >= 0.6 is 0 Å². The summed E-state index contributed by atoms with van der Waals surface area (Å²) in [6, 6.07) is 10.6. The molecule has 1 aromatic carbocycles. The van der Waals surface area contributed by atoms with Crippen molar-refractivity contribution < 1.29 is 4.39 Å². The van der Waals surface area contributed by atoms with Gasteiger partial charge < -0.3 is 4.39 Å². The molecule has 20 heavy (non-hydrogen) atoms. The molecule has 0 aliphatic rings. The van der Waals surface area contributed by atoms with Gasteiger partial charge in [0.2, 0.25) is 0 Å². The molecule has 1 rings (SSSR count). The number of hydrogen-bond donors (Lipinski definition) is 0. The SMILES string of the molecule is [B-][N+](CCC(C)(C)C)(Cc1ccccc1)CC(C)(C)C. The van der Waals surface area contributed by atoms with Crippen molar-refractivity contribution in [3.05, 3.63) is 35.9 Å². The van der Waals surface area contributed by atoms with Crippen LogP contribution in [0.1, 0.15) is 53.5 Å². The van der Waals surface area contributed by atoms with Crippen LogP contribution in [0, 0.1) is 10.8 Å². The summed E-state index contributed by atoms with van der Waals surface area (Å²) in [5, 5.41) is 0. The van der Waals surface area contributed by atoms with E-state index in [1.807, 2.05) is 0 Å². The maximum Gasteiger partial charge on any atom is 0.0579 e. The molecule has 0 aliphatic heterocycles. The first-order valence-electron chi connectivity index (χ1n) is 7.68. The van der Waals surface area contributed by atoms with Crippen LogP contribution in [0.15, 0.2) is 30.3 Å². The van der Waals surface area contributed by atoms with Crippen LogP contribution in [0.25, 0.3) is 0 Å². The second-order valence-electron chi connectivity index (χ2n) is 8.62. The second-order valence-corrected chi connectivity index (χ2v) is 8.62. The van der Waals surface area contributed by atoms with Gasteiger partial charge in [-0.1, -0.05) is 71.9 Å². The maximum atomic E-state index is 6.76. The number of quaternary nitrogens is 1. The molecule has 0 N–H and O–H groups in total. The summed E-state index contributed by atoms with van der Waals surface area (Å²) in [5.74, 6) is 0. The Bertz CT molecular complexity index is 400. The highest BCUT2D eigenvalue weighted by Gasteiger charge is 2.23. The lowest BCUT2D eigenvalue weighted by atomic mass is 9.87. The van der Waals surface area contributed by atoms with E-state index < -0.39 is 0 Å². The first-order valence-corrected chi connectivity index (χ1v) is 7.68. The first kappa shape index (κ1) is 17.3. The van der Waals surface area contributed by atoms with Crippen LogP contribution in [-0.2, 0) is 6.54 Å². The number of hydrogen-bond acceptors (Lipinski definition) is 0. The van der Waals surface area contributed by atoms with E-state index in [-0.39, 0.29) is 5.41 Å². The normalized spacial score (nSPS) is 15.9. The number of nitrogens with zero attached hydrogens (tertiary/aromatic N) is 1. The third-order valence-corrected chi connectivity index (χ3v) is 3.44. The van der Waals surface area contributed by atoms with Crippen molar-refractivity contribution >= 4 is 7.98 Å². The lowest BCUT2D eigenvalue weighted by Gasteiger charge is -2.54. The van der Waals surface area contributed by atoms with E-state index in [2.05, 4.69) is 71.9 Å². The van der Waals surface area contributed by atoms with Gasteiger partial charge in [-0.25, -0.2) is 7.98 Å². The standard InChI is InChI=1S/C18H31BN/c1-17(2,3)12-13-20(19,15-18(4,5)6)14-16-10-8-7-9-11-16/h7-11H,12-15H2,1-6H3. The Balaban J connectivity index is 2.83. The van der Waals surface area contributed by atoms with Gasteiger partial charge in [0.25, 0.3) is 0 Å². The zero-order valence-corrected chi connectivity index (χ0v) is 14.2. The Morgan fingerprint density at radius 1 is 0.900 bits per heavy atom. The molecule has 111 valence electrons. The molecule has 1 nitrogen and oxygen atoms in total. The number of benzene rings is 1. The van der Waals surface area contributed by atoms with Crippen molar-refractivity contribution in [1.29, 1.82) is 0 Å². The van der Waals surface area contributed by atoms with Gasteiger partial charge in [0.15, 0.2) is 0 Å². The largest absolute Gasteiger partial charge is 0.584 e. The van der Waals surface area contributed by atoms with Crippen LogP contribution in [0.4, 0.5) is 0 Å². The highest BCUT2D eigenvalue weighted by molar-refractivity contribution is 5.97. The minimum absolute atomic E-state index is 0.238. The van der Waals surface area contributed by atoms with E-state index in [1.165, 1.54) is 5.56 Å². The van der Waals surface area contributed by atoms with Gasteiger partial charge in [0.05, 0.1) is 6.54 Å². The summed E-state index contributed by atoms with van der Waals surface area (Å²) in [6.45, 7) is 16.6. The fraction of sp³-hybridized carbons (Fsp3) is 0.667. The first-order chi connectivity index (χ1) is 8.99. The van der Waals surface area contributed by atoms with Crippen molar-refractivity contribution in [3.8, 4) is 0 Å². The Hall–Kier alpha value is -0.755. The number of rotatable bonds is 5. The van der Waals surface area contributed by atoms with Crippen molar-refractivity contribution in [3.63, 3.8) is 0 Å². The molecule has 1 unspecified atom stereocenters. The van der Waals surface area contributed by atoms with Gasteiger partial charge in [0, 0.05) is 24.1 Å². The predicted molar refractivity (Wildman–Crippen MR) is 89.4 cm³/mol. The van der Waals surface area contributed by atoms with E-state index in [4.69, 9.17) is 7.98 Å². The Labute approximate surface area is 127 Å². The average molecular weight is 272 g/mol. The highest BCUT2D eigenvalue weighted by atomic mass is 15.3. The molecule has 0 aromatic heterocycles. The molecule has 0 saturated carbocycles. The monoisotopic (exact) mass is 272 g/mol. The lowest BCUT2D eigenvalue weighted by Crippen LogP contribution is -2.51. The molecular formula is C18H31BN. The Kier molecular flexibility index (Phi) is 5.49. The van der Waals surface area contributed by atoms with E-state index in [9.17, 15) is 0 Å². The van der Waals surface area contributed by atoms with Gasteiger partial charge in [-0.2, -0.15) is 0 Å². The molecule has 0 bridgehead atoms. The average Bonchev–Trinajstić information content (AvgIpc) is 2.24. The minimum atomic E-state index is 0.238. The molecule has 2 heteroatoms. The van der Waals surface area contributed by atoms with Gasteiger partial charge in [-0.05, 0) is 11.8 Å². The second kappa shape index (κ2) is 6.34. The Morgan fingerprint density at radius 3 is 1.90 bits per heavy atom. The molecule has 0 heterocycles. The van der Waals surface area contributed by atoms with Crippen LogP contribution in [0.3, 0.4) is 0 Å². The summed E-state index contributed by atoms with van der Waals surface area (Å²) < 4.78 is 0.630. The van der Waals surface area contributed by atoms with Crippen molar-refractivity contribution in [2.45, 2.75) is 54.5 Å². The topological polar surface area (TPSA) is 0 Å². The summed E-state index contributed by atoms with van der Waals surface area (Å²) in [6.07, 6.45) is 1.15. The molecule has 3 radical (unpaired) electrons. The van der Waals surface area contributed by atoms with E-state index in [0.717, 1.165) is 26.1 Å². The third kappa shape index (κ3) is 7.14. The van der Waals surface area contributed by atoms with E-state index in [0.29, 0.717) is 9.81 Å². The fourth-order valence-electron chi connectivity index (χ4n) is 2.66. The molecule has 0 aliphatic carbocycles. The van der Waals surface area contributed by atoms with Gasteiger partial charge in [-0.3, -0.25) is 0 Å². The molecule has 0 spiro atoms. The summed E-state index contributed by atoms with van der Waals surface area (Å²) in [7, 11) is 6.76. The van der Waals surface area contributed by atoms with Crippen LogP contribution in [0.2, 0.25) is 0 Å². The van der Waals surface area contributed by atoms with Crippen molar-refractivity contribution in [2.24, 2.45) is 10.8 Å². The van der Waals surface area contributed by atoms with Crippen molar-refractivity contribution in [2.75, 3.05) is 13.1 Å². The van der Waals surface area contributed by atoms with Gasteiger partial charge in [-0.15, -0.1) is 0 Å². The lowest BCUT2D eigenvalue weighted by molar-refractivity contribution is -0.838. The van der Waals surface area contributed by atoms with Crippen LogP contribution in [-0.4, -0.2) is 25.5 Å². The molecular weight excluding hydrogens is 241 g/mol. The zero-order valence-electron chi connectivity index (χ0n) is 14.2. The summed E-state index contributed by atoms with van der Waals surface area (Å²) in [5.41, 5.74) is 1.90. The molecule has 1 atom stereocenters. The smallest absolute Gasteiger partial charge is 0.0579 e. The van der Waals surface area contributed by atoms with Crippen molar-refractivity contribution in [1.82, 2.24) is 0 Å². The minimum Gasteiger partial charge on any atom is -0.584 e. The molecule has 1 aromatic rings. The quantitative estimate of drug-likeness (QED) is 0.689. The highest BCUT2D eigenvalue weighted by Crippen LogP contribution is 2.26. The third-order valence-electron chi connectivity index (χ3n) is 3.44. The van der Waals surface area contributed by atoms with E-state index in [1.54, 1.807) is 0 Å². The molecule has 0 fully saturated rings. The molecule has 0 saturated heterocycles. The fourth-order valence-corrected chi connectivity index (χ4v) is 2.66. The summed E-state index contributed by atoms with van der Waals surface area (Å²) in [4.78, 5) is 0. The van der Waals surface area contributed by atoms with Crippen LogP contribution < -0.4 is 0 Å². The van der Waals surface area contributed by atoms with Gasteiger partial charge >= 0.3 is 0 Å². The Morgan fingerprint density at radius 2 is 1.45 bits per heavy atom. The zero-order chi connectivity index (χ0) is 15.4.